The summed E-state index contributed by atoms with van der Waals surface area (Å²) < 4.78 is 0. The van der Waals surface area contributed by atoms with Crippen LogP contribution in [0.5, 0.6) is 0 Å². The Labute approximate surface area is 121 Å². The van der Waals surface area contributed by atoms with Crippen LogP contribution in [0.2, 0.25) is 15.1 Å². The van der Waals surface area contributed by atoms with Gasteiger partial charge in [0.1, 0.15) is 0 Å². The van der Waals surface area contributed by atoms with E-state index in [0.717, 1.165) is 12.8 Å². The highest BCUT2D eigenvalue weighted by molar-refractivity contribution is 6.42. The minimum atomic E-state index is -0.0888. The number of halogens is 3. The van der Waals surface area contributed by atoms with Crippen molar-refractivity contribution in [1.29, 1.82) is 0 Å². The van der Waals surface area contributed by atoms with Crippen LogP contribution < -0.4 is 11.1 Å². The van der Waals surface area contributed by atoms with Crippen LogP contribution in [-0.2, 0) is 4.79 Å². The van der Waals surface area contributed by atoms with Crippen molar-refractivity contribution in [2.75, 3.05) is 5.32 Å². The van der Waals surface area contributed by atoms with E-state index >= 15 is 0 Å². The molecule has 2 rings (SSSR count). The monoisotopic (exact) mass is 306 g/mol. The first-order chi connectivity index (χ1) is 8.47. The van der Waals surface area contributed by atoms with Crippen LogP contribution in [-0.4, -0.2) is 11.9 Å². The van der Waals surface area contributed by atoms with Gasteiger partial charge in [0.05, 0.1) is 15.7 Å². The third kappa shape index (κ3) is 3.09. The molecule has 1 aliphatic rings. The van der Waals surface area contributed by atoms with E-state index in [9.17, 15) is 4.79 Å². The molecule has 0 heterocycles. The summed E-state index contributed by atoms with van der Waals surface area (Å²) in [6.07, 6.45) is 2.38. The SMILES string of the molecule is NC1CCC(C(=O)Nc2c(Cl)cc(Cl)cc2Cl)C1. The number of rotatable bonds is 2. The van der Waals surface area contributed by atoms with Gasteiger partial charge in [-0.25, -0.2) is 0 Å². The Morgan fingerprint density at radius 1 is 1.22 bits per heavy atom. The van der Waals surface area contributed by atoms with Crippen molar-refractivity contribution < 1.29 is 4.79 Å². The van der Waals surface area contributed by atoms with E-state index in [-0.39, 0.29) is 17.9 Å². The highest BCUT2D eigenvalue weighted by atomic mass is 35.5. The maximum absolute atomic E-state index is 12.0. The Bertz CT molecular complexity index is 455. The molecule has 1 aromatic rings. The number of carbonyl (C=O) groups is 1. The smallest absolute Gasteiger partial charge is 0.227 e. The fourth-order valence-electron chi connectivity index (χ4n) is 2.14. The molecule has 0 saturated heterocycles. The highest BCUT2D eigenvalue weighted by Crippen LogP contribution is 2.35. The molecule has 3 nitrogen and oxygen atoms in total. The van der Waals surface area contributed by atoms with Crippen molar-refractivity contribution in [3.8, 4) is 0 Å². The lowest BCUT2D eigenvalue weighted by Gasteiger charge is -2.13. The van der Waals surface area contributed by atoms with Crippen molar-refractivity contribution in [3.63, 3.8) is 0 Å². The number of benzene rings is 1. The predicted octanol–water partition coefficient (Wildman–Crippen LogP) is 3.71. The summed E-state index contributed by atoms with van der Waals surface area (Å²) in [6.45, 7) is 0. The molecule has 2 unspecified atom stereocenters. The van der Waals surface area contributed by atoms with Gasteiger partial charge in [-0.1, -0.05) is 34.8 Å². The van der Waals surface area contributed by atoms with Crippen LogP contribution in [0.15, 0.2) is 12.1 Å². The molecular formula is C12H13Cl3N2O. The highest BCUT2D eigenvalue weighted by Gasteiger charge is 2.28. The summed E-state index contributed by atoms with van der Waals surface area (Å²) in [5, 5.41) is 3.86. The van der Waals surface area contributed by atoms with E-state index in [2.05, 4.69) is 5.32 Å². The molecule has 1 aliphatic carbocycles. The van der Waals surface area contributed by atoms with Gasteiger partial charge in [0, 0.05) is 17.0 Å². The van der Waals surface area contributed by atoms with E-state index < -0.39 is 0 Å². The number of anilines is 1. The number of amides is 1. The van der Waals surface area contributed by atoms with Crippen molar-refractivity contribution in [2.45, 2.75) is 25.3 Å². The fraction of sp³-hybridized carbons (Fsp3) is 0.417. The van der Waals surface area contributed by atoms with Gasteiger partial charge < -0.3 is 11.1 Å². The maximum atomic E-state index is 12.0. The standard InChI is InChI=1S/C12H13Cl3N2O/c13-7-4-9(14)11(10(15)5-7)17-12(18)6-1-2-8(16)3-6/h4-6,8H,1-3,16H2,(H,17,18). The molecule has 0 aliphatic heterocycles. The number of hydrogen-bond donors (Lipinski definition) is 2. The molecule has 0 bridgehead atoms. The first-order valence-electron chi connectivity index (χ1n) is 5.68. The third-order valence-corrected chi connectivity index (χ3v) is 3.91. The van der Waals surface area contributed by atoms with Gasteiger partial charge >= 0.3 is 0 Å². The van der Waals surface area contributed by atoms with Crippen LogP contribution in [0.4, 0.5) is 5.69 Å². The van der Waals surface area contributed by atoms with Gasteiger partial charge in [-0.15, -0.1) is 0 Å². The zero-order valence-electron chi connectivity index (χ0n) is 9.55. The van der Waals surface area contributed by atoms with Crippen molar-refractivity contribution in [2.24, 2.45) is 11.7 Å². The molecule has 0 spiro atoms. The van der Waals surface area contributed by atoms with E-state index in [1.54, 1.807) is 12.1 Å². The first kappa shape index (κ1) is 13.9. The average molecular weight is 308 g/mol. The second-order valence-electron chi connectivity index (χ2n) is 4.50. The Morgan fingerprint density at radius 3 is 2.33 bits per heavy atom. The average Bonchev–Trinajstić information content (AvgIpc) is 2.70. The summed E-state index contributed by atoms with van der Waals surface area (Å²) in [5.74, 6) is -0.156. The molecule has 98 valence electrons. The van der Waals surface area contributed by atoms with Crippen molar-refractivity contribution >= 4 is 46.4 Å². The molecular weight excluding hydrogens is 295 g/mol. The molecule has 1 amide bonds. The maximum Gasteiger partial charge on any atom is 0.227 e. The van der Waals surface area contributed by atoms with Gasteiger partial charge in [0.15, 0.2) is 0 Å². The van der Waals surface area contributed by atoms with Gasteiger partial charge in [-0.05, 0) is 31.4 Å². The fourth-order valence-corrected chi connectivity index (χ4v) is 3.05. The molecule has 18 heavy (non-hydrogen) atoms. The summed E-state index contributed by atoms with van der Waals surface area (Å²) >= 11 is 17.8. The quantitative estimate of drug-likeness (QED) is 0.875. The number of carbonyl (C=O) groups excluding carboxylic acids is 1. The van der Waals surface area contributed by atoms with E-state index in [0.29, 0.717) is 27.2 Å². The van der Waals surface area contributed by atoms with Gasteiger partial charge in [-0.2, -0.15) is 0 Å². The van der Waals surface area contributed by atoms with Crippen LogP contribution in [0.25, 0.3) is 0 Å². The van der Waals surface area contributed by atoms with Gasteiger partial charge in [-0.3, -0.25) is 4.79 Å². The lowest BCUT2D eigenvalue weighted by molar-refractivity contribution is -0.119. The normalized spacial score (nSPS) is 23.1. The largest absolute Gasteiger partial charge is 0.328 e. The summed E-state index contributed by atoms with van der Waals surface area (Å²) in [4.78, 5) is 12.0. The lowest BCUT2D eigenvalue weighted by atomic mass is 10.1. The van der Waals surface area contributed by atoms with Crippen molar-refractivity contribution in [3.05, 3.63) is 27.2 Å². The van der Waals surface area contributed by atoms with Gasteiger partial charge in [0.2, 0.25) is 5.91 Å². The molecule has 0 aromatic heterocycles. The van der Waals surface area contributed by atoms with Crippen LogP contribution in [0, 0.1) is 5.92 Å². The van der Waals surface area contributed by atoms with Crippen LogP contribution in [0.3, 0.4) is 0 Å². The van der Waals surface area contributed by atoms with E-state index in [1.165, 1.54) is 0 Å². The Balaban J connectivity index is 2.12. The first-order valence-corrected chi connectivity index (χ1v) is 6.81. The second-order valence-corrected chi connectivity index (χ2v) is 5.75. The zero-order valence-corrected chi connectivity index (χ0v) is 11.8. The second kappa shape index (κ2) is 5.66. The summed E-state index contributed by atoms with van der Waals surface area (Å²) in [6, 6.07) is 3.20. The molecule has 1 fully saturated rings. The number of nitrogens with two attached hydrogens (primary N) is 1. The van der Waals surface area contributed by atoms with E-state index in [1.807, 2.05) is 0 Å². The number of nitrogens with one attached hydrogen (secondary N) is 1. The molecule has 0 radical (unpaired) electrons. The molecule has 3 N–H and O–H groups in total. The Hall–Kier alpha value is -0.480. The topological polar surface area (TPSA) is 55.1 Å². The molecule has 2 atom stereocenters. The molecule has 1 aromatic carbocycles. The van der Waals surface area contributed by atoms with Crippen LogP contribution >= 0.6 is 34.8 Å². The number of hydrogen-bond acceptors (Lipinski definition) is 2. The summed E-state index contributed by atoms with van der Waals surface area (Å²) in [5.41, 5.74) is 6.20. The minimum Gasteiger partial charge on any atom is -0.328 e. The summed E-state index contributed by atoms with van der Waals surface area (Å²) in [7, 11) is 0. The zero-order chi connectivity index (χ0) is 13.3. The predicted molar refractivity (Wildman–Crippen MR) is 75.4 cm³/mol. The third-order valence-electron chi connectivity index (χ3n) is 3.10. The van der Waals surface area contributed by atoms with Crippen LogP contribution in [0.1, 0.15) is 19.3 Å². The Kier molecular flexibility index (Phi) is 4.38. The lowest BCUT2D eigenvalue weighted by Crippen LogP contribution is -2.23. The molecule has 1 saturated carbocycles. The van der Waals surface area contributed by atoms with Crippen molar-refractivity contribution in [1.82, 2.24) is 0 Å². The minimum absolute atomic E-state index is 0.0668. The van der Waals surface area contributed by atoms with Gasteiger partial charge in [0.25, 0.3) is 0 Å². The van der Waals surface area contributed by atoms with E-state index in [4.69, 9.17) is 40.5 Å². The molecule has 6 heteroatoms. The Morgan fingerprint density at radius 2 is 1.83 bits per heavy atom.